The van der Waals surface area contributed by atoms with Crippen molar-refractivity contribution in [3.63, 3.8) is 0 Å². The number of hydrogen-bond acceptors (Lipinski definition) is 2. The van der Waals surface area contributed by atoms with Crippen LogP contribution in [0.4, 0.5) is 0 Å². The van der Waals surface area contributed by atoms with Crippen molar-refractivity contribution in [2.24, 2.45) is 11.7 Å². The lowest BCUT2D eigenvalue weighted by Crippen LogP contribution is -2.46. The third kappa shape index (κ3) is 3.16. The molecule has 1 saturated heterocycles. The summed E-state index contributed by atoms with van der Waals surface area (Å²) in [5.41, 5.74) is 7.52. The second-order valence-electron chi connectivity index (χ2n) is 5.60. The van der Waals surface area contributed by atoms with E-state index in [1.165, 1.54) is 6.42 Å². The Morgan fingerprint density at radius 2 is 2.21 bits per heavy atom. The maximum absolute atomic E-state index is 12.6. The van der Waals surface area contributed by atoms with Crippen LogP contribution < -0.4 is 5.73 Å². The minimum absolute atomic E-state index is 0.165. The van der Waals surface area contributed by atoms with Crippen molar-refractivity contribution >= 4 is 5.91 Å². The van der Waals surface area contributed by atoms with Crippen LogP contribution >= 0.6 is 0 Å². The van der Waals surface area contributed by atoms with Gasteiger partial charge in [0.05, 0.1) is 0 Å². The number of nitrogens with zero attached hydrogens (tertiary/aromatic N) is 1. The van der Waals surface area contributed by atoms with Crippen molar-refractivity contribution in [2.45, 2.75) is 39.2 Å². The zero-order valence-electron chi connectivity index (χ0n) is 11.9. The first-order chi connectivity index (χ1) is 9.13. The van der Waals surface area contributed by atoms with Gasteiger partial charge in [-0.15, -0.1) is 0 Å². The summed E-state index contributed by atoms with van der Waals surface area (Å²) in [4.78, 5) is 14.6. The van der Waals surface area contributed by atoms with Crippen LogP contribution in [0.25, 0.3) is 0 Å². The van der Waals surface area contributed by atoms with Crippen LogP contribution in [-0.2, 0) is 6.42 Å². The van der Waals surface area contributed by atoms with E-state index in [0.717, 1.165) is 30.5 Å². The molecule has 3 heteroatoms. The number of rotatable bonds is 3. The average Bonchev–Trinajstić information content (AvgIpc) is 2.42. The molecule has 1 aliphatic rings. The molecule has 2 rings (SSSR count). The van der Waals surface area contributed by atoms with E-state index in [4.69, 9.17) is 5.73 Å². The normalized spacial score (nSPS) is 23.4. The fourth-order valence-electron chi connectivity index (χ4n) is 2.81. The molecule has 0 spiro atoms. The molecule has 0 saturated carbocycles. The maximum Gasteiger partial charge on any atom is 0.254 e. The molecule has 1 aliphatic heterocycles. The monoisotopic (exact) mass is 260 g/mol. The first-order valence-electron chi connectivity index (χ1n) is 7.23. The molecule has 1 amide bonds. The molecule has 1 heterocycles. The number of likely N-dealkylation sites (tertiary alicyclic amines) is 1. The quantitative estimate of drug-likeness (QED) is 0.907. The maximum atomic E-state index is 12.6. The van der Waals surface area contributed by atoms with Crippen molar-refractivity contribution < 1.29 is 4.79 Å². The molecule has 0 aliphatic carbocycles. The van der Waals surface area contributed by atoms with Crippen LogP contribution in [0.3, 0.4) is 0 Å². The Balaban J connectivity index is 2.16. The highest BCUT2D eigenvalue weighted by Gasteiger charge is 2.28. The van der Waals surface area contributed by atoms with Crippen molar-refractivity contribution in [2.75, 3.05) is 13.1 Å². The Kier molecular flexibility index (Phi) is 4.59. The van der Waals surface area contributed by atoms with Gasteiger partial charge in [0.1, 0.15) is 0 Å². The lowest BCUT2D eigenvalue weighted by atomic mass is 9.91. The first-order valence-corrected chi connectivity index (χ1v) is 7.23. The smallest absolute Gasteiger partial charge is 0.254 e. The van der Waals surface area contributed by atoms with E-state index in [2.05, 4.69) is 13.8 Å². The van der Waals surface area contributed by atoms with Gasteiger partial charge >= 0.3 is 0 Å². The fourth-order valence-corrected chi connectivity index (χ4v) is 2.81. The predicted molar refractivity (Wildman–Crippen MR) is 78.1 cm³/mol. The summed E-state index contributed by atoms with van der Waals surface area (Å²) in [6.45, 7) is 5.89. The minimum atomic E-state index is 0.165. The van der Waals surface area contributed by atoms with E-state index in [9.17, 15) is 4.79 Å². The number of benzene rings is 1. The number of carbonyl (C=O) groups excluding carboxylic acids is 1. The predicted octanol–water partition coefficient (Wildman–Crippen LogP) is 2.45. The van der Waals surface area contributed by atoms with E-state index >= 15 is 0 Å². The lowest BCUT2D eigenvalue weighted by Gasteiger charge is -2.38. The molecule has 19 heavy (non-hydrogen) atoms. The van der Waals surface area contributed by atoms with Crippen molar-refractivity contribution in [3.8, 4) is 0 Å². The average molecular weight is 260 g/mol. The van der Waals surface area contributed by atoms with Gasteiger partial charge in [-0.2, -0.15) is 0 Å². The van der Waals surface area contributed by atoms with Gasteiger partial charge in [0, 0.05) is 18.2 Å². The molecule has 1 fully saturated rings. The zero-order valence-corrected chi connectivity index (χ0v) is 11.9. The SMILES string of the molecule is CC1CCCN(C(=O)c2cccc(CCN)c2)C1C. The second kappa shape index (κ2) is 6.20. The lowest BCUT2D eigenvalue weighted by molar-refractivity contribution is 0.0551. The Labute approximate surface area is 115 Å². The van der Waals surface area contributed by atoms with Crippen molar-refractivity contribution in [3.05, 3.63) is 35.4 Å². The van der Waals surface area contributed by atoms with E-state index in [1.54, 1.807) is 0 Å². The van der Waals surface area contributed by atoms with Gasteiger partial charge in [-0.25, -0.2) is 0 Å². The van der Waals surface area contributed by atoms with Gasteiger partial charge in [-0.1, -0.05) is 19.1 Å². The molecule has 2 atom stereocenters. The molecule has 0 aromatic heterocycles. The van der Waals surface area contributed by atoms with Gasteiger partial charge in [-0.05, 0) is 56.3 Å². The van der Waals surface area contributed by atoms with Crippen LogP contribution in [0, 0.1) is 5.92 Å². The van der Waals surface area contributed by atoms with Crippen molar-refractivity contribution in [1.82, 2.24) is 4.90 Å². The van der Waals surface area contributed by atoms with E-state index in [0.29, 0.717) is 18.5 Å². The Bertz CT molecular complexity index is 444. The molecule has 1 aromatic rings. The summed E-state index contributed by atoms with van der Waals surface area (Å²) in [6, 6.07) is 8.22. The van der Waals surface area contributed by atoms with E-state index in [1.807, 2.05) is 29.2 Å². The highest BCUT2D eigenvalue weighted by atomic mass is 16.2. The molecular weight excluding hydrogens is 236 g/mol. The van der Waals surface area contributed by atoms with Gasteiger partial charge in [0.2, 0.25) is 0 Å². The van der Waals surface area contributed by atoms with Crippen LogP contribution in [0.2, 0.25) is 0 Å². The summed E-state index contributed by atoms with van der Waals surface area (Å²) in [6.07, 6.45) is 3.16. The Morgan fingerprint density at radius 3 is 2.95 bits per heavy atom. The molecule has 1 aromatic carbocycles. The van der Waals surface area contributed by atoms with Crippen LogP contribution in [0.15, 0.2) is 24.3 Å². The summed E-state index contributed by atoms with van der Waals surface area (Å²) < 4.78 is 0. The summed E-state index contributed by atoms with van der Waals surface area (Å²) in [7, 11) is 0. The topological polar surface area (TPSA) is 46.3 Å². The number of amides is 1. The Morgan fingerprint density at radius 1 is 1.42 bits per heavy atom. The third-order valence-corrected chi connectivity index (χ3v) is 4.24. The number of carbonyl (C=O) groups is 1. The van der Waals surface area contributed by atoms with E-state index < -0.39 is 0 Å². The van der Waals surface area contributed by atoms with E-state index in [-0.39, 0.29) is 5.91 Å². The molecule has 2 N–H and O–H groups in total. The van der Waals surface area contributed by atoms with Crippen LogP contribution in [-0.4, -0.2) is 29.9 Å². The van der Waals surface area contributed by atoms with Gasteiger partial charge in [-0.3, -0.25) is 4.79 Å². The van der Waals surface area contributed by atoms with Crippen molar-refractivity contribution in [1.29, 1.82) is 0 Å². The first kappa shape index (κ1) is 14.1. The largest absolute Gasteiger partial charge is 0.336 e. The fraction of sp³-hybridized carbons (Fsp3) is 0.562. The molecule has 0 radical (unpaired) electrons. The zero-order chi connectivity index (χ0) is 13.8. The minimum Gasteiger partial charge on any atom is -0.336 e. The third-order valence-electron chi connectivity index (χ3n) is 4.24. The molecule has 0 bridgehead atoms. The Hall–Kier alpha value is -1.35. The molecule has 104 valence electrons. The summed E-state index contributed by atoms with van der Waals surface area (Å²) >= 11 is 0. The summed E-state index contributed by atoms with van der Waals surface area (Å²) in [5.74, 6) is 0.753. The van der Waals surface area contributed by atoms with Crippen LogP contribution in [0.5, 0.6) is 0 Å². The molecule has 3 nitrogen and oxygen atoms in total. The number of piperidine rings is 1. The van der Waals surface area contributed by atoms with Gasteiger partial charge in [0.25, 0.3) is 5.91 Å². The van der Waals surface area contributed by atoms with Gasteiger partial charge < -0.3 is 10.6 Å². The van der Waals surface area contributed by atoms with Gasteiger partial charge in [0.15, 0.2) is 0 Å². The number of nitrogens with two attached hydrogens (primary N) is 1. The molecule has 2 unspecified atom stereocenters. The summed E-state index contributed by atoms with van der Waals surface area (Å²) in [5, 5.41) is 0. The number of hydrogen-bond donors (Lipinski definition) is 1. The highest BCUT2D eigenvalue weighted by Crippen LogP contribution is 2.24. The standard InChI is InChI=1S/C16H24N2O/c1-12-5-4-10-18(13(12)2)16(19)15-7-3-6-14(11-15)8-9-17/h3,6-7,11-13H,4-5,8-10,17H2,1-2H3. The van der Waals surface area contributed by atoms with Crippen LogP contribution in [0.1, 0.15) is 42.6 Å². The second-order valence-corrected chi connectivity index (χ2v) is 5.60. The molecular formula is C16H24N2O. The highest BCUT2D eigenvalue weighted by molar-refractivity contribution is 5.94.